The molecule has 6 nitrogen and oxygen atoms in total. The standard InChI is InChI=1S/C14H19NO5/c1-4-5-8-6-7-9(16)10-14(8)11(17)13(2,20-10)15(19-3)12(14)18/h4-11,16-17H,1-3H3/b5-4+/t8?,9-,10+,11-,13-,14+/m0/s1. The van der Waals surface area contributed by atoms with Crippen LogP contribution in [0.2, 0.25) is 0 Å². The van der Waals surface area contributed by atoms with Crippen molar-refractivity contribution in [2.24, 2.45) is 11.3 Å². The zero-order valence-corrected chi connectivity index (χ0v) is 11.7. The number of ether oxygens (including phenoxy) is 1. The van der Waals surface area contributed by atoms with E-state index >= 15 is 0 Å². The van der Waals surface area contributed by atoms with E-state index in [-0.39, 0.29) is 11.8 Å². The summed E-state index contributed by atoms with van der Waals surface area (Å²) in [6.07, 6.45) is 4.25. The molecule has 1 spiro atoms. The number of nitrogens with zero attached hydrogens (tertiary/aromatic N) is 1. The molecule has 2 heterocycles. The lowest BCUT2D eigenvalue weighted by molar-refractivity contribution is -0.294. The summed E-state index contributed by atoms with van der Waals surface area (Å²) in [6, 6.07) is 0. The van der Waals surface area contributed by atoms with Crippen LogP contribution in [0.15, 0.2) is 24.3 Å². The summed E-state index contributed by atoms with van der Waals surface area (Å²) in [5, 5.41) is 21.9. The number of carbonyl (C=O) groups excluding carboxylic acids is 1. The Balaban J connectivity index is 2.19. The second kappa shape index (κ2) is 4.14. The van der Waals surface area contributed by atoms with E-state index in [0.29, 0.717) is 0 Å². The number of hydrogen-bond donors (Lipinski definition) is 2. The van der Waals surface area contributed by atoms with Gasteiger partial charge in [-0.3, -0.25) is 9.63 Å². The largest absolute Gasteiger partial charge is 0.387 e. The molecule has 2 N–H and O–H groups in total. The predicted octanol–water partition coefficient (Wildman–Crippen LogP) is -0.0247. The molecule has 6 heteroatoms. The van der Waals surface area contributed by atoms with E-state index < -0.39 is 29.5 Å². The first-order valence-corrected chi connectivity index (χ1v) is 6.68. The Hall–Kier alpha value is -1.21. The summed E-state index contributed by atoms with van der Waals surface area (Å²) >= 11 is 0. The molecule has 0 radical (unpaired) electrons. The van der Waals surface area contributed by atoms with Crippen LogP contribution in [0.3, 0.4) is 0 Å². The lowest BCUT2D eigenvalue weighted by atomic mass is 9.64. The van der Waals surface area contributed by atoms with E-state index in [1.807, 2.05) is 19.1 Å². The van der Waals surface area contributed by atoms with E-state index in [4.69, 9.17) is 9.57 Å². The first-order chi connectivity index (χ1) is 9.44. The van der Waals surface area contributed by atoms with Gasteiger partial charge < -0.3 is 14.9 Å². The molecule has 6 atom stereocenters. The minimum absolute atomic E-state index is 0.342. The monoisotopic (exact) mass is 281 g/mol. The summed E-state index contributed by atoms with van der Waals surface area (Å²) in [6.45, 7) is 3.45. The van der Waals surface area contributed by atoms with E-state index in [2.05, 4.69) is 0 Å². The summed E-state index contributed by atoms with van der Waals surface area (Å²) in [4.78, 5) is 17.9. The molecule has 0 aromatic carbocycles. The van der Waals surface area contributed by atoms with Crippen LogP contribution in [-0.2, 0) is 14.4 Å². The normalized spacial score (nSPS) is 50.2. The van der Waals surface area contributed by atoms with Crippen molar-refractivity contribution in [1.82, 2.24) is 5.06 Å². The van der Waals surface area contributed by atoms with Gasteiger partial charge in [0.25, 0.3) is 5.91 Å². The van der Waals surface area contributed by atoms with Gasteiger partial charge in [0.15, 0.2) is 5.72 Å². The number of hydrogen-bond acceptors (Lipinski definition) is 5. The molecule has 0 aromatic rings. The van der Waals surface area contributed by atoms with Crippen LogP contribution >= 0.6 is 0 Å². The molecule has 0 aromatic heterocycles. The van der Waals surface area contributed by atoms with Gasteiger partial charge in [0, 0.05) is 5.92 Å². The third-order valence-corrected chi connectivity index (χ3v) is 4.71. The highest BCUT2D eigenvalue weighted by Crippen LogP contribution is 2.60. The van der Waals surface area contributed by atoms with E-state index in [0.717, 1.165) is 5.06 Å². The van der Waals surface area contributed by atoms with Crippen molar-refractivity contribution >= 4 is 5.91 Å². The Morgan fingerprint density at radius 1 is 1.45 bits per heavy atom. The minimum atomic E-state index is -1.27. The lowest BCUT2D eigenvalue weighted by Gasteiger charge is -2.44. The molecule has 2 bridgehead atoms. The molecule has 3 rings (SSSR count). The number of aliphatic hydroxyl groups is 2. The van der Waals surface area contributed by atoms with Crippen molar-refractivity contribution in [3.05, 3.63) is 24.3 Å². The van der Waals surface area contributed by atoms with Crippen molar-refractivity contribution in [1.29, 1.82) is 0 Å². The second-order valence-electron chi connectivity index (χ2n) is 5.64. The average molecular weight is 281 g/mol. The van der Waals surface area contributed by atoms with Crippen molar-refractivity contribution < 1.29 is 24.6 Å². The third-order valence-electron chi connectivity index (χ3n) is 4.71. The molecular weight excluding hydrogens is 262 g/mol. The van der Waals surface area contributed by atoms with Crippen molar-refractivity contribution in [2.45, 2.75) is 37.9 Å². The average Bonchev–Trinajstić information content (AvgIpc) is 2.74. The SMILES string of the molecule is C/C=C/C1C=C[C@H](O)[C@H]2O[C@@]3(C)[C@H](O)[C@@]12C(=O)N3OC. The number of rotatable bonds is 2. The highest BCUT2D eigenvalue weighted by Gasteiger charge is 2.79. The Morgan fingerprint density at radius 2 is 2.15 bits per heavy atom. The van der Waals surface area contributed by atoms with Gasteiger partial charge in [-0.15, -0.1) is 0 Å². The predicted molar refractivity (Wildman–Crippen MR) is 69.0 cm³/mol. The first-order valence-electron chi connectivity index (χ1n) is 6.68. The molecule has 0 saturated carbocycles. The molecule has 2 saturated heterocycles. The Kier molecular flexibility index (Phi) is 2.85. The van der Waals surface area contributed by atoms with Crippen LogP contribution in [-0.4, -0.2) is 52.3 Å². The summed E-state index contributed by atoms with van der Waals surface area (Å²) < 4.78 is 5.81. The van der Waals surface area contributed by atoms with Crippen LogP contribution in [0.5, 0.6) is 0 Å². The molecule has 110 valence electrons. The van der Waals surface area contributed by atoms with Gasteiger partial charge in [-0.05, 0) is 13.8 Å². The summed E-state index contributed by atoms with van der Waals surface area (Å²) in [5.41, 5.74) is -2.51. The Morgan fingerprint density at radius 3 is 2.75 bits per heavy atom. The molecule has 1 unspecified atom stereocenters. The lowest BCUT2D eigenvalue weighted by Crippen LogP contribution is -2.59. The molecular formula is C14H19NO5. The van der Waals surface area contributed by atoms with Gasteiger partial charge >= 0.3 is 0 Å². The fourth-order valence-electron chi connectivity index (χ4n) is 3.85. The van der Waals surface area contributed by atoms with Crippen molar-refractivity contribution in [3.63, 3.8) is 0 Å². The van der Waals surface area contributed by atoms with E-state index in [1.165, 1.54) is 7.11 Å². The van der Waals surface area contributed by atoms with Crippen LogP contribution in [0.1, 0.15) is 13.8 Å². The van der Waals surface area contributed by atoms with E-state index in [1.54, 1.807) is 19.1 Å². The minimum Gasteiger partial charge on any atom is -0.387 e. The molecule has 3 aliphatic rings. The number of carbonyl (C=O) groups is 1. The van der Waals surface area contributed by atoms with Gasteiger partial charge in [-0.2, -0.15) is 5.06 Å². The Bertz CT molecular complexity index is 504. The summed E-state index contributed by atoms with van der Waals surface area (Å²) in [5.74, 6) is -0.692. The summed E-state index contributed by atoms with van der Waals surface area (Å²) in [7, 11) is 1.37. The van der Waals surface area contributed by atoms with Crippen LogP contribution in [0, 0.1) is 11.3 Å². The van der Waals surface area contributed by atoms with Gasteiger partial charge in [-0.25, -0.2) is 0 Å². The van der Waals surface area contributed by atoms with Gasteiger partial charge in [0.05, 0.1) is 13.2 Å². The third kappa shape index (κ3) is 1.25. The fraction of sp³-hybridized carbons (Fsp3) is 0.643. The second-order valence-corrected chi connectivity index (χ2v) is 5.64. The number of amides is 1. The maximum Gasteiger partial charge on any atom is 0.261 e. The zero-order valence-electron chi connectivity index (χ0n) is 11.7. The molecule has 1 amide bonds. The number of aliphatic hydroxyl groups excluding tert-OH is 2. The topological polar surface area (TPSA) is 79.2 Å². The van der Waals surface area contributed by atoms with Crippen molar-refractivity contribution in [2.75, 3.05) is 7.11 Å². The first kappa shape index (κ1) is 13.8. The maximum absolute atomic E-state index is 12.8. The van der Waals surface area contributed by atoms with Gasteiger partial charge in [0.1, 0.15) is 17.6 Å². The number of fused-ring (bicyclic) bond motifs is 1. The highest BCUT2D eigenvalue weighted by atomic mass is 16.7. The number of allylic oxidation sites excluding steroid dienone is 3. The van der Waals surface area contributed by atoms with Gasteiger partial charge in [0.2, 0.25) is 0 Å². The van der Waals surface area contributed by atoms with Crippen LogP contribution in [0.4, 0.5) is 0 Å². The Labute approximate surface area is 117 Å². The van der Waals surface area contributed by atoms with Crippen LogP contribution < -0.4 is 0 Å². The quantitative estimate of drug-likeness (QED) is 0.695. The molecule has 1 aliphatic carbocycles. The number of hydroxylamine groups is 2. The van der Waals surface area contributed by atoms with Crippen LogP contribution in [0.25, 0.3) is 0 Å². The van der Waals surface area contributed by atoms with Crippen molar-refractivity contribution in [3.8, 4) is 0 Å². The molecule has 20 heavy (non-hydrogen) atoms. The zero-order chi connectivity index (χ0) is 14.7. The highest BCUT2D eigenvalue weighted by molar-refractivity contribution is 5.89. The van der Waals surface area contributed by atoms with E-state index in [9.17, 15) is 15.0 Å². The maximum atomic E-state index is 12.8. The fourth-order valence-corrected chi connectivity index (χ4v) is 3.85. The smallest absolute Gasteiger partial charge is 0.261 e. The molecule has 2 fully saturated rings. The molecule has 2 aliphatic heterocycles. The van der Waals surface area contributed by atoms with Gasteiger partial charge in [-0.1, -0.05) is 24.3 Å².